The number of rotatable bonds is 4. The first kappa shape index (κ1) is 13.0. The van der Waals surface area contributed by atoms with Gasteiger partial charge in [-0.2, -0.15) is 0 Å². The molecule has 5 heteroatoms. The summed E-state index contributed by atoms with van der Waals surface area (Å²) in [5.41, 5.74) is 0. The van der Waals surface area contributed by atoms with Crippen molar-refractivity contribution in [1.29, 1.82) is 0 Å². The number of carbonyl (C=O) groups is 2. The van der Waals surface area contributed by atoms with Crippen molar-refractivity contribution in [2.24, 2.45) is 0 Å². The van der Waals surface area contributed by atoms with E-state index in [9.17, 15) is 9.59 Å². The van der Waals surface area contributed by atoms with Crippen molar-refractivity contribution in [3.63, 3.8) is 0 Å². The molecular weight excluding hydrogens is 208 g/mol. The van der Waals surface area contributed by atoms with Gasteiger partial charge in [0.2, 0.25) is 0 Å². The van der Waals surface area contributed by atoms with Gasteiger partial charge in [-0.3, -0.25) is 10.1 Å². The first-order chi connectivity index (χ1) is 7.57. The number of nitrogens with zero attached hydrogens (tertiary/aromatic N) is 1. The van der Waals surface area contributed by atoms with E-state index in [1.54, 1.807) is 11.9 Å². The molecule has 0 aromatic heterocycles. The minimum Gasteiger partial charge on any atom is -0.480 e. The van der Waals surface area contributed by atoms with Crippen LogP contribution in [0.15, 0.2) is 0 Å². The SMILES string of the molecule is CNC(C(=O)O)C(=O)N(C)C1CCCCC1. The first-order valence-corrected chi connectivity index (χ1v) is 5.74. The van der Waals surface area contributed by atoms with Gasteiger partial charge in [-0.25, -0.2) is 4.79 Å². The molecule has 0 aromatic rings. The van der Waals surface area contributed by atoms with Gasteiger partial charge < -0.3 is 10.0 Å². The van der Waals surface area contributed by atoms with Gasteiger partial charge in [0.25, 0.3) is 5.91 Å². The predicted octanol–water partition coefficient (Wildman–Crippen LogP) is 0.450. The van der Waals surface area contributed by atoms with Gasteiger partial charge in [-0.15, -0.1) is 0 Å². The summed E-state index contributed by atoms with van der Waals surface area (Å²) in [5, 5.41) is 11.4. The third-order valence-electron chi connectivity index (χ3n) is 3.25. The van der Waals surface area contributed by atoms with Crippen molar-refractivity contribution in [2.75, 3.05) is 14.1 Å². The Morgan fingerprint density at radius 2 is 1.88 bits per heavy atom. The molecule has 0 saturated heterocycles. The van der Waals surface area contributed by atoms with Crippen molar-refractivity contribution in [3.8, 4) is 0 Å². The molecule has 92 valence electrons. The third-order valence-corrected chi connectivity index (χ3v) is 3.25. The van der Waals surface area contributed by atoms with Crippen LogP contribution in [0.1, 0.15) is 32.1 Å². The molecule has 16 heavy (non-hydrogen) atoms. The van der Waals surface area contributed by atoms with Gasteiger partial charge in [0.15, 0.2) is 6.04 Å². The average molecular weight is 228 g/mol. The lowest BCUT2D eigenvalue weighted by atomic mass is 9.94. The molecule has 1 atom stereocenters. The minimum absolute atomic E-state index is 0.205. The Kier molecular flexibility index (Phi) is 4.73. The first-order valence-electron chi connectivity index (χ1n) is 5.74. The number of amides is 1. The second-order valence-corrected chi connectivity index (χ2v) is 4.30. The van der Waals surface area contributed by atoms with Crippen LogP contribution in [0.4, 0.5) is 0 Å². The van der Waals surface area contributed by atoms with Crippen LogP contribution in [-0.4, -0.2) is 48.1 Å². The molecule has 1 saturated carbocycles. The quantitative estimate of drug-likeness (QED) is 0.685. The maximum Gasteiger partial charge on any atom is 0.330 e. The van der Waals surface area contributed by atoms with Gasteiger partial charge in [-0.1, -0.05) is 19.3 Å². The lowest BCUT2D eigenvalue weighted by molar-refractivity contribution is -0.148. The van der Waals surface area contributed by atoms with E-state index in [1.807, 2.05) is 0 Å². The maximum absolute atomic E-state index is 11.9. The van der Waals surface area contributed by atoms with Crippen molar-refractivity contribution < 1.29 is 14.7 Å². The fourth-order valence-corrected chi connectivity index (χ4v) is 2.20. The van der Waals surface area contributed by atoms with E-state index >= 15 is 0 Å². The lowest BCUT2D eigenvalue weighted by Gasteiger charge is -2.32. The number of aliphatic carboxylic acids is 1. The Morgan fingerprint density at radius 3 is 2.31 bits per heavy atom. The normalized spacial score (nSPS) is 19.1. The molecule has 0 radical (unpaired) electrons. The van der Waals surface area contributed by atoms with E-state index in [2.05, 4.69) is 5.32 Å². The van der Waals surface area contributed by atoms with E-state index in [4.69, 9.17) is 5.11 Å². The Hall–Kier alpha value is -1.10. The number of nitrogens with one attached hydrogen (secondary N) is 1. The van der Waals surface area contributed by atoms with Crippen molar-refractivity contribution in [1.82, 2.24) is 10.2 Å². The zero-order valence-corrected chi connectivity index (χ0v) is 9.90. The summed E-state index contributed by atoms with van der Waals surface area (Å²) in [7, 11) is 3.19. The lowest BCUT2D eigenvalue weighted by Crippen LogP contribution is -2.51. The third kappa shape index (κ3) is 2.95. The Morgan fingerprint density at radius 1 is 1.31 bits per heavy atom. The highest BCUT2D eigenvalue weighted by Gasteiger charge is 2.31. The molecule has 1 rings (SSSR count). The molecule has 1 unspecified atom stereocenters. The predicted molar refractivity (Wildman–Crippen MR) is 60.1 cm³/mol. The summed E-state index contributed by atoms with van der Waals surface area (Å²) in [6.45, 7) is 0. The van der Waals surface area contributed by atoms with Gasteiger partial charge >= 0.3 is 5.97 Å². The highest BCUT2D eigenvalue weighted by Crippen LogP contribution is 2.21. The molecule has 1 fully saturated rings. The molecule has 0 aromatic carbocycles. The van der Waals surface area contributed by atoms with Crippen LogP contribution in [-0.2, 0) is 9.59 Å². The van der Waals surface area contributed by atoms with Crippen molar-refractivity contribution in [2.45, 2.75) is 44.2 Å². The summed E-state index contributed by atoms with van der Waals surface area (Å²) < 4.78 is 0. The van der Waals surface area contributed by atoms with E-state index in [0.717, 1.165) is 25.7 Å². The highest BCUT2D eigenvalue weighted by molar-refractivity contribution is 6.01. The maximum atomic E-state index is 11.9. The summed E-state index contributed by atoms with van der Waals surface area (Å²) in [5.74, 6) is -1.46. The van der Waals surface area contributed by atoms with E-state index < -0.39 is 12.0 Å². The largest absolute Gasteiger partial charge is 0.480 e. The van der Waals surface area contributed by atoms with Crippen LogP contribution >= 0.6 is 0 Å². The fraction of sp³-hybridized carbons (Fsp3) is 0.818. The molecule has 1 aliphatic rings. The minimum atomic E-state index is -1.12. The summed E-state index contributed by atoms with van der Waals surface area (Å²) in [6.07, 6.45) is 5.43. The molecule has 0 aliphatic heterocycles. The number of hydrogen-bond donors (Lipinski definition) is 2. The fourth-order valence-electron chi connectivity index (χ4n) is 2.20. The molecule has 5 nitrogen and oxygen atoms in total. The number of carbonyl (C=O) groups excluding carboxylic acids is 1. The van der Waals surface area contributed by atoms with Gasteiger partial charge in [0, 0.05) is 13.1 Å². The van der Waals surface area contributed by atoms with Crippen LogP contribution in [0, 0.1) is 0 Å². The Bertz CT molecular complexity index is 262. The molecule has 2 N–H and O–H groups in total. The zero-order chi connectivity index (χ0) is 12.1. The smallest absolute Gasteiger partial charge is 0.330 e. The number of likely N-dealkylation sites (N-methyl/N-ethyl adjacent to an activating group) is 2. The van der Waals surface area contributed by atoms with Gasteiger partial charge in [0.1, 0.15) is 0 Å². The van der Waals surface area contributed by atoms with Gasteiger partial charge in [0.05, 0.1) is 0 Å². The monoisotopic (exact) mass is 228 g/mol. The number of carboxylic acid groups (broad SMARTS) is 1. The number of hydrogen-bond acceptors (Lipinski definition) is 3. The van der Waals surface area contributed by atoms with Crippen LogP contribution in [0.5, 0.6) is 0 Å². The van der Waals surface area contributed by atoms with Crippen molar-refractivity contribution >= 4 is 11.9 Å². The molecule has 1 amide bonds. The molecule has 0 bridgehead atoms. The number of carboxylic acids is 1. The topological polar surface area (TPSA) is 69.6 Å². The molecular formula is C11H20N2O3. The molecule has 0 spiro atoms. The van der Waals surface area contributed by atoms with Crippen molar-refractivity contribution in [3.05, 3.63) is 0 Å². The average Bonchev–Trinajstić information content (AvgIpc) is 2.29. The molecule has 0 heterocycles. The van der Waals surface area contributed by atoms with Crippen LogP contribution in [0.25, 0.3) is 0 Å². The van der Waals surface area contributed by atoms with Gasteiger partial charge in [-0.05, 0) is 19.9 Å². The summed E-state index contributed by atoms with van der Waals surface area (Å²) in [6, 6.07) is -0.914. The highest BCUT2D eigenvalue weighted by atomic mass is 16.4. The van der Waals surface area contributed by atoms with Crippen LogP contribution < -0.4 is 5.32 Å². The summed E-state index contributed by atoms with van der Waals surface area (Å²) >= 11 is 0. The standard InChI is InChI=1S/C11H20N2O3/c1-12-9(11(15)16)10(14)13(2)8-6-4-3-5-7-8/h8-9,12H,3-7H2,1-2H3,(H,15,16). The van der Waals surface area contributed by atoms with Crippen LogP contribution in [0.3, 0.4) is 0 Å². The van der Waals surface area contributed by atoms with E-state index in [1.165, 1.54) is 13.5 Å². The second-order valence-electron chi connectivity index (χ2n) is 4.30. The van der Waals surface area contributed by atoms with E-state index in [0.29, 0.717) is 0 Å². The Balaban J connectivity index is 2.60. The Labute approximate surface area is 95.8 Å². The second kappa shape index (κ2) is 5.84. The summed E-state index contributed by atoms with van der Waals surface area (Å²) in [4.78, 5) is 24.3. The van der Waals surface area contributed by atoms with Crippen LogP contribution in [0.2, 0.25) is 0 Å². The van der Waals surface area contributed by atoms with E-state index in [-0.39, 0.29) is 11.9 Å². The zero-order valence-electron chi connectivity index (χ0n) is 9.90. The molecule has 1 aliphatic carbocycles.